The number of rotatable bonds is 2. The highest BCUT2D eigenvalue weighted by Gasteiger charge is 2.15. The second-order valence-corrected chi connectivity index (χ2v) is 2.63. The fraction of sp³-hybridized carbons (Fsp3) is 1.00. The zero-order chi connectivity index (χ0) is 6.73. The van der Waals surface area contributed by atoms with Gasteiger partial charge in [-0.05, 0) is 28.2 Å². The largest absolute Gasteiger partial charge is 0.418 e. The number of nitrogens with zero attached hydrogens (tertiary/aromatic N) is 2. The molecule has 0 saturated heterocycles. The van der Waals surface area contributed by atoms with Crippen molar-refractivity contribution in [3.63, 3.8) is 0 Å². The molecule has 0 aliphatic carbocycles. The molecule has 2 nitrogen and oxygen atoms in total. The highest BCUT2D eigenvalue weighted by molar-refractivity contribution is 7.03. The fourth-order valence-corrected chi connectivity index (χ4v) is 0.462. The lowest BCUT2D eigenvalue weighted by atomic mass is 9.45. The molecular weight excluding hydrogens is 122 g/mol. The predicted octanol–water partition coefficient (Wildman–Crippen LogP) is 0.333. The van der Waals surface area contributed by atoms with Gasteiger partial charge in [-0.15, -0.1) is 11.5 Å². The molecule has 8 heavy (non-hydrogen) atoms. The van der Waals surface area contributed by atoms with E-state index in [9.17, 15) is 0 Å². The Bertz CT molecular complexity index is 59.1. The summed E-state index contributed by atoms with van der Waals surface area (Å²) in [7, 11) is 7.77. The maximum Gasteiger partial charge on any atom is 0.418 e. The third-order valence-corrected chi connectivity index (χ3v) is 1.63. The van der Waals surface area contributed by atoms with Gasteiger partial charge in [0.05, 0.1) is 0 Å². The van der Waals surface area contributed by atoms with Crippen molar-refractivity contribution in [1.29, 1.82) is 0 Å². The van der Waals surface area contributed by atoms with Gasteiger partial charge in [0.2, 0.25) is 0 Å². The molecule has 0 saturated carbocycles. The van der Waals surface area contributed by atoms with Crippen LogP contribution in [0, 0.1) is 0 Å². The number of hydrogen-bond acceptors (Lipinski definition) is 2. The summed E-state index contributed by atoms with van der Waals surface area (Å²) in [5.74, 6) is 0. The maximum atomic E-state index is 5.80. The quantitative estimate of drug-likeness (QED) is 0.501. The molecule has 0 fully saturated rings. The van der Waals surface area contributed by atoms with Crippen LogP contribution in [-0.4, -0.2) is 44.2 Å². The van der Waals surface area contributed by atoms with Crippen LogP contribution < -0.4 is 0 Å². The Hall–Kier alpha value is 0.275. The van der Waals surface area contributed by atoms with Gasteiger partial charge in [0, 0.05) is 0 Å². The molecule has 0 amide bonds. The van der Waals surface area contributed by atoms with E-state index in [-0.39, 0.29) is 6.40 Å². The molecule has 48 valence electrons. The van der Waals surface area contributed by atoms with Crippen molar-refractivity contribution in [1.82, 2.24) is 9.62 Å². The highest BCUT2D eigenvalue weighted by Crippen LogP contribution is 1.94. The Kier molecular flexibility index (Phi) is 3.44. The lowest BCUT2D eigenvalue weighted by Gasteiger charge is -2.19. The van der Waals surface area contributed by atoms with E-state index in [0.717, 1.165) is 0 Å². The molecule has 0 rings (SSSR count). The van der Waals surface area contributed by atoms with Crippen LogP contribution in [0.2, 0.25) is 0 Å². The number of halogens is 1. The molecular formula is C4H12BClN2. The van der Waals surface area contributed by atoms with Gasteiger partial charge in [0.15, 0.2) is 0 Å². The van der Waals surface area contributed by atoms with Crippen molar-refractivity contribution < 1.29 is 0 Å². The average Bonchev–Trinajstić information content (AvgIpc) is 1.64. The minimum absolute atomic E-state index is 0.00926. The van der Waals surface area contributed by atoms with Crippen molar-refractivity contribution in [3.05, 3.63) is 0 Å². The van der Waals surface area contributed by atoms with Crippen LogP contribution >= 0.6 is 11.5 Å². The van der Waals surface area contributed by atoms with E-state index < -0.39 is 0 Å². The van der Waals surface area contributed by atoms with E-state index in [1.165, 1.54) is 0 Å². The Morgan fingerprint density at radius 2 is 1.25 bits per heavy atom. The molecule has 0 aromatic heterocycles. The average molecular weight is 134 g/mol. The van der Waals surface area contributed by atoms with Gasteiger partial charge in [-0.2, -0.15) is 0 Å². The minimum atomic E-state index is 0.00926. The fourth-order valence-electron chi connectivity index (χ4n) is 0.462. The minimum Gasteiger partial charge on any atom is -0.320 e. The first-order valence-electron chi connectivity index (χ1n) is 2.52. The molecule has 0 N–H and O–H groups in total. The summed E-state index contributed by atoms with van der Waals surface area (Å²) in [5.41, 5.74) is 0. The van der Waals surface area contributed by atoms with E-state index >= 15 is 0 Å². The molecule has 4 heteroatoms. The molecule has 0 radical (unpaired) electrons. The van der Waals surface area contributed by atoms with E-state index in [0.29, 0.717) is 0 Å². The molecule has 0 unspecified atom stereocenters. The van der Waals surface area contributed by atoms with Gasteiger partial charge in [-0.25, -0.2) is 0 Å². The maximum absolute atomic E-state index is 5.80. The predicted molar refractivity (Wildman–Crippen MR) is 39.0 cm³/mol. The van der Waals surface area contributed by atoms with Crippen molar-refractivity contribution in [2.45, 2.75) is 0 Å². The molecule has 0 heterocycles. The van der Waals surface area contributed by atoms with Crippen LogP contribution in [-0.2, 0) is 0 Å². The van der Waals surface area contributed by atoms with Crippen molar-refractivity contribution in [2.24, 2.45) is 0 Å². The van der Waals surface area contributed by atoms with Gasteiger partial charge in [-0.3, -0.25) is 0 Å². The molecule has 0 aliphatic rings. The molecule has 0 atom stereocenters. The Labute approximate surface area is 56.4 Å². The normalized spacial score (nSPS) is 10.9. The summed E-state index contributed by atoms with van der Waals surface area (Å²) in [4.78, 5) is 3.86. The zero-order valence-electron chi connectivity index (χ0n) is 5.85. The van der Waals surface area contributed by atoms with Crippen LogP contribution in [0.4, 0.5) is 0 Å². The summed E-state index contributed by atoms with van der Waals surface area (Å²) in [6.07, 6.45) is 0.00926. The van der Waals surface area contributed by atoms with Gasteiger partial charge in [0.1, 0.15) is 0 Å². The summed E-state index contributed by atoms with van der Waals surface area (Å²) in [6.45, 7) is 0. The van der Waals surface area contributed by atoms with Crippen LogP contribution in [0.1, 0.15) is 0 Å². The Morgan fingerprint density at radius 1 is 1.00 bits per heavy atom. The second kappa shape index (κ2) is 3.33. The standard InChI is InChI=1S/C4H12BClN2/c1-7(2)5(6)8(3)4/h1-4H3/i5-1. The summed E-state index contributed by atoms with van der Waals surface area (Å²) in [5, 5.41) is 0. The molecule has 0 aliphatic heterocycles. The molecule has 0 aromatic rings. The first-order chi connectivity index (χ1) is 3.55. The third kappa shape index (κ3) is 2.55. The van der Waals surface area contributed by atoms with Gasteiger partial charge < -0.3 is 9.62 Å². The van der Waals surface area contributed by atoms with Gasteiger partial charge >= 0.3 is 6.40 Å². The molecule has 0 aromatic carbocycles. The van der Waals surface area contributed by atoms with Crippen LogP contribution in [0.25, 0.3) is 0 Å². The smallest absolute Gasteiger partial charge is 0.320 e. The van der Waals surface area contributed by atoms with Crippen LogP contribution in [0.15, 0.2) is 0 Å². The van der Waals surface area contributed by atoms with Gasteiger partial charge in [0.25, 0.3) is 0 Å². The van der Waals surface area contributed by atoms with Crippen molar-refractivity contribution >= 4 is 17.9 Å². The third-order valence-electron chi connectivity index (χ3n) is 0.852. The van der Waals surface area contributed by atoms with E-state index in [1.54, 1.807) is 0 Å². The van der Waals surface area contributed by atoms with E-state index in [2.05, 4.69) is 0 Å². The Morgan fingerprint density at radius 3 is 1.25 bits per heavy atom. The van der Waals surface area contributed by atoms with E-state index in [4.69, 9.17) is 11.5 Å². The Balaban J connectivity index is 3.46. The molecule has 0 bridgehead atoms. The lowest BCUT2D eigenvalue weighted by molar-refractivity contribution is 0.539. The SMILES string of the molecule is CN(C)[10B](Cl)N(C)C. The summed E-state index contributed by atoms with van der Waals surface area (Å²) >= 11 is 5.80. The number of hydrogen-bond donors (Lipinski definition) is 0. The lowest BCUT2D eigenvalue weighted by Crippen LogP contribution is -2.40. The second-order valence-electron chi connectivity index (χ2n) is 2.24. The van der Waals surface area contributed by atoms with Crippen molar-refractivity contribution in [2.75, 3.05) is 28.2 Å². The van der Waals surface area contributed by atoms with Crippen LogP contribution in [0.3, 0.4) is 0 Å². The highest BCUT2D eigenvalue weighted by atomic mass is 35.5. The van der Waals surface area contributed by atoms with Gasteiger partial charge in [-0.1, -0.05) is 0 Å². The molecule has 0 spiro atoms. The topological polar surface area (TPSA) is 6.48 Å². The first kappa shape index (κ1) is 8.27. The summed E-state index contributed by atoms with van der Waals surface area (Å²) < 4.78 is 0. The van der Waals surface area contributed by atoms with E-state index in [1.807, 2.05) is 37.8 Å². The monoisotopic (exact) mass is 133 g/mol. The van der Waals surface area contributed by atoms with Crippen LogP contribution in [0.5, 0.6) is 0 Å². The zero-order valence-corrected chi connectivity index (χ0v) is 6.61. The first-order valence-corrected chi connectivity index (χ1v) is 2.96. The summed E-state index contributed by atoms with van der Waals surface area (Å²) in [6, 6.07) is 0. The van der Waals surface area contributed by atoms with Crippen molar-refractivity contribution in [3.8, 4) is 0 Å².